The predicted molar refractivity (Wildman–Crippen MR) is 74.6 cm³/mol. The molecule has 5 heteroatoms. The number of hydrogen-bond acceptors (Lipinski definition) is 1. The molecule has 1 aliphatic rings. The van der Waals surface area contributed by atoms with Crippen molar-refractivity contribution in [2.45, 2.75) is 43.0 Å². The molecule has 2 rings (SSSR count). The maximum absolute atomic E-state index is 13.0. The van der Waals surface area contributed by atoms with Gasteiger partial charge in [-0.3, -0.25) is 0 Å². The zero-order valence-electron chi connectivity index (χ0n) is 9.77. The smallest absolute Gasteiger partial charge is 0.248 e. The van der Waals surface area contributed by atoms with E-state index in [0.29, 0.717) is 12.8 Å². The zero-order chi connectivity index (χ0) is 13.2. The maximum Gasteiger partial charge on any atom is 0.248 e. The topological polar surface area (TPSA) is 9.23 Å². The molecule has 1 nitrogen and oxygen atoms in total. The third kappa shape index (κ3) is 3.67. The van der Waals surface area contributed by atoms with E-state index in [1.807, 2.05) is 18.2 Å². The van der Waals surface area contributed by atoms with E-state index in [1.54, 1.807) is 0 Å². The van der Waals surface area contributed by atoms with Crippen molar-refractivity contribution in [3.8, 4) is 5.75 Å². The first kappa shape index (κ1) is 14.3. The Kier molecular flexibility index (Phi) is 4.64. The minimum absolute atomic E-state index is 0.0746. The molecule has 0 N–H and O–H groups in total. The van der Waals surface area contributed by atoms with Gasteiger partial charge in [-0.25, -0.2) is 8.78 Å². The van der Waals surface area contributed by atoms with Crippen LogP contribution in [0.2, 0.25) is 0 Å². The van der Waals surface area contributed by atoms with Crippen LogP contribution in [0.15, 0.2) is 22.7 Å². The molecular weight excluding hydrogens is 370 g/mol. The highest BCUT2D eigenvalue weighted by atomic mass is 79.9. The molecule has 0 saturated heterocycles. The molecule has 1 aromatic carbocycles. The van der Waals surface area contributed by atoms with Crippen LogP contribution in [0, 0.1) is 0 Å². The molecule has 0 radical (unpaired) electrons. The van der Waals surface area contributed by atoms with Crippen molar-refractivity contribution < 1.29 is 13.5 Å². The summed E-state index contributed by atoms with van der Waals surface area (Å²) in [5, 5.41) is 0.779. The monoisotopic (exact) mass is 382 g/mol. The Morgan fingerprint density at radius 3 is 2.50 bits per heavy atom. The number of halogens is 4. The Bertz CT molecular complexity index is 413. The van der Waals surface area contributed by atoms with Crippen molar-refractivity contribution in [2.75, 3.05) is 0 Å². The van der Waals surface area contributed by atoms with Crippen molar-refractivity contribution in [1.29, 1.82) is 0 Å². The van der Waals surface area contributed by atoms with Crippen molar-refractivity contribution in [1.82, 2.24) is 0 Å². The molecule has 0 amide bonds. The molecule has 100 valence electrons. The molecule has 0 atom stereocenters. The van der Waals surface area contributed by atoms with Crippen molar-refractivity contribution >= 4 is 31.9 Å². The molecule has 0 bridgehead atoms. The van der Waals surface area contributed by atoms with Crippen molar-refractivity contribution in [3.63, 3.8) is 0 Å². The van der Waals surface area contributed by atoms with Gasteiger partial charge in [-0.15, -0.1) is 0 Å². The number of hydrogen-bond donors (Lipinski definition) is 0. The van der Waals surface area contributed by atoms with Crippen LogP contribution in [0.5, 0.6) is 5.75 Å². The van der Waals surface area contributed by atoms with Gasteiger partial charge in [-0.1, -0.05) is 22.0 Å². The van der Waals surface area contributed by atoms with E-state index < -0.39 is 5.92 Å². The van der Waals surface area contributed by atoms with Gasteiger partial charge in [0, 0.05) is 18.2 Å². The summed E-state index contributed by atoms with van der Waals surface area (Å²) >= 11 is 6.83. The second-order valence-corrected chi connectivity index (χ2v) is 5.99. The molecule has 1 aliphatic carbocycles. The molecule has 0 aromatic heterocycles. The van der Waals surface area contributed by atoms with Crippen LogP contribution in [0.1, 0.15) is 31.2 Å². The van der Waals surface area contributed by atoms with Crippen LogP contribution < -0.4 is 4.74 Å². The number of benzene rings is 1. The first-order valence-electron chi connectivity index (χ1n) is 5.89. The predicted octanol–water partition coefficient (Wildman–Crippen LogP) is 5.30. The van der Waals surface area contributed by atoms with Crippen LogP contribution in [0.4, 0.5) is 8.78 Å². The van der Waals surface area contributed by atoms with E-state index in [1.165, 1.54) is 0 Å². The Morgan fingerprint density at radius 2 is 1.94 bits per heavy atom. The normalized spacial score (nSPS) is 19.8. The van der Waals surface area contributed by atoms with E-state index in [0.717, 1.165) is 21.1 Å². The molecule has 0 unspecified atom stereocenters. The molecule has 1 fully saturated rings. The van der Waals surface area contributed by atoms with Crippen LogP contribution in [0.25, 0.3) is 0 Å². The maximum atomic E-state index is 13.0. The zero-order valence-corrected chi connectivity index (χ0v) is 12.9. The van der Waals surface area contributed by atoms with Gasteiger partial charge in [0.2, 0.25) is 5.92 Å². The summed E-state index contributed by atoms with van der Waals surface area (Å²) in [7, 11) is 0. The Morgan fingerprint density at radius 1 is 1.28 bits per heavy atom. The van der Waals surface area contributed by atoms with E-state index in [2.05, 4.69) is 31.9 Å². The van der Waals surface area contributed by atoms with Gasteiger partial charge in [0.05, 0.1) is 10.6 Å². The highest BCUT2D eigenvalue weighted by Gasteiger charge is 2.35. The summed E-state index contributed by atoms with van der Waals surface area (Å²) in [6.07, 6.45) is 0.582. The van der Waals surface area contributed by atoms with Gasteiger partial charge in [0.1, 0.15) is 5.75 Å². The minimum Gasteiger partial charge on any atom is -0.489 e. The summed E-state index contributed by atoms with van der Waals surface area (Å²) in [6.45, 7) is 0. The van der Waals surface area contributed by atoms with Crippen molar-refractivity contribution in [2.24, 2.45) is 0 Å². The number of ether oxygens (including phenoxy) is 1. The summed E-state index contributed by atoms with van der Waals surface area (Å²) in [5.74, 6) is -1.77. The number of alkyl halides is 3. The van der Waals surface area contributed by atoms with Gasteiger partial charge < -0.3 is 4.74 Å². The lowest BCUT2D eigenvalue weighted by atomic mass is 9.94. The molecule has 0 spiro atoms. The Hall–Kier alpha value is -0.160. The lowest BCUT2D eigenvalue weighted by Crippen LogP contribution is -2.30. The van der Waals surface area contributed by atoms with Crippen LogP contribution in [-0.4, -0.2) is 12.0 Å². The minimum atomic E-state index is -2.50. The molecular formula is C13H14Br2F2O. The number of rotatable bonds is 3. The molecule has 1 aromatic rings. The fourth-order valence-electron chi connectivity index (χ4n) is 2.03. The molecule has 1 saturated carbocycles. The lowest BCUT2D eigenvalue weighted by Gasteiger charge is -2.29. The second-order valence-electron chi connectivity index (χ2n) is 4.57. The third-order valence-corrected chi connectivity index (χ3v) is 4.38. The Labute approximate surface area is 122 Å². The fourth-order valence-corrected chi connectivity index (χ4v) is 2.90. The van der Waals surface area contributed by atoms with Crippen LogP contribution in [0.3, 0.4) is 0 Å². The van der Waals surface area contributed by atoms with Gasteiger partial charge in [-0.2, -0.15) is 0 Å². The third-order valence-electron chi connectivity index (χ3n) is 3.11. The van der Waals surface area contributed by atoms with E-state index >= 15 is 0 Å². The highest BCUT2D eigenvalue weighted by Crippen LogP contribution is 2.36. The van der Waals surface area contributed by atoms with E-state index in [4.69, 9.17) is 4.74 Å². The summed E-state index contributed by atoms with van der Waals surface area (Å²) in [6, 6.07) is 5.82. The molecule has 0 aliphatic heterocycles. The van der Waals surface area contributed by atoms with Gasteiger partial charge in [0.15, 0.2) is 0 Å². The van der Waals surface area contributed by atoms with Crippen LogP contribution >= 0.6 is 31.9 Å². The fraction of sp³-hybridized carbons (Fsp3) is 0.538. The first-order chi connectivity index (χ1) is 8.50. The first-order valence-corrected chi connectivity index (χ1v) is 7.80. The second kappa shape index (κ2) is 5.87. The lowest BCUT2D eigenvalue weighted by molar-refractivity contribution is -0.0583. The summed E-state index contributed by atoms with van der Waals surface area (Å²) in [4.78, 5) is 0. The molecule has 18 heavy (non-hydrogen) atoms. The molecule has 0 heterocycles. The van der Waals surface area contributed by atoms with Crippen LogP contribution in [-0.2, 0) is 5.33 Å². The van der Waals surface area contributed by atoms with Gasteiger partial charge >= 0.3 is 0 Å². The highest BCUT2D eigenvalue weighted by molar-refractivity contribution is 9.10. The quantitative estimate of drug-likeness (QED) is 0.643. The van der Waals surface area contributed by atoms with E-state index in [9.17, 15) is 8.78 Å². The largest absolute Gasteiger partial charge is 0.489 e. The van der Waals surface area contributed by atoms with Gasteiger partial charge in [-0.05, 0) is 46.5 Å². The Balaban J connectivity index is 1.98. The SMILES string of the molecule is FC1(F)CCC(Oc2ccc(CBr)cc2Br)CC1. The summed E-state index contributed by atoms with van der Waals surface area (Å²) in [5.41, 5.74) is 1.14. The van der Waals surface area contributed by atoms with Crippen molar-refractivity contribution in [3.05, 3.63) is 28.2 Å². The van der Waals surface area contributed by atoms with Gasteiger partial charge in [0.25, 0.3) is 0 Å². The standard InChI is InChI=1S/C13H14Br2F2O/c14-8-9-1-2-12(11(15)7-9)18-10-3-5-13(16,17)6-4-10/h1-2,7,10H,3-6,8H2. The average Bonchev–Trinajstić information content (AvgIpc) is 2.34. The van der Waals surface area contributed by atoms with E-state index in [-0.39, 0.29) is 18.9 Å². The summed E-state index contributed by atoms with van der Waals surface area (Å²) < 4.78 is 32.7. The average molecular weight is 384 g/mol.